The van der Waals surface area contributed by atoms with Crippen LogP contribution in [0.15, 0.2) is 97.2 Å². The summed E-state index contributed by atoms with van der Waals surface area (Å²) >= 11 is 0. The fourth-order valence-electron chi connectivity index (χ4n) is 4.70. The fourth-order valence-corrected chi connectivity index (χ4v) is 4.70. The molecule has 5 aromatic rings. The molecular weight excluding hydrogens is 604 g/mol. The second-order valence-corrected chi connectivity index (χ2v) is 9.99. The molecule has 0 radical (unpaired) electrons. The van der Waals surface area contributed by atoms with Gasteiger partial charge in [-0.05, 0) is 24.3 Å². The third-order valence-electron chi connectivity index (χ3n) is 6.82. The number of hydrogen-bond donors (Lipinski definition) is 2. The number of aromatic nitrogens is 2. The van der Waals surface area contributed by atoms with E-state index in [1.54, 1.807) is 81.1 Å². The van der Waals surface area contributed by atoms with Crippen molar-refractivity contribution >= 4 is 39.9 Å². The van der Waals surface area contributed by atoms with Crippen LogP contribution in [0.2, 0.25) is 0 Å². The van der Waals surface area contributed by atoms with Crippen molar-refractivity contribution in [3.63, 3.8) is 0 Å². The Bertz CT molecular complexity index is 1760. The first-order valence-electron chi connectivity index (χ1n) is 14.9. The Balaban J connectivity index is 1.27. The maximum absolute atomic E-state index is 12.3. The highest BCUT2D eigenvalue weighted by atomic mass is 16.6. The van der Waals surface area contributed by atoms with Crippen molar-refractivity contribution in [2.75, 3.05) is 64.1 Å². The second kappa shape index (κ2) is 16.8. The van der Waals surface area contributed by atoms with Crippen LogP contribution in [-0.2, 0) is 14.2 Å². The Labute approximate surface area is 272 Å². The molecule has 5 rings (SSSR count). The third kappa shape index (κ3) is 9.07. The van der Waals surface area contributed by atoms with Crippen molar-refractivity contribution in [3.8, 4) is 23.1 Å². The van der Waals surface area contributed by atoms with E-state index in [0.717, 1.165) is 5.39 Å². The number of carbonyl (C=O) groups is 1. The van der Waals surface area contributed by atoms with E-state index in [4.69, 9.17) is 28.4 Å². The fraction of sp³-hybridized carbons (Fsp3) is 0.229. The Hall–Kier alpha value is -5.43. The summed E-state index contributed by atoms with van der Waals surface area (Å²) in [6, 6.07) is 26.9. The van der Waals surface area contributed by atoms with Crippen molar-refractivity contribution in [1.82, 2.24) is 9.97 Å². The highest BCUT2D eigenvalue weighted by molar-refractivity contribution is 6.07. The van der Waals surface area contributed by atoms with Crippen molar-refractivity contribution < 1.29 is 38.3 Å². The monoisotopic (exact) mass is 640 g/mol. The van der Waals surface area contributed by atoms with Gasteiger partial charge in [0, 0.05) is 54.0 Å². The van der Waals surface area contributed by atoms with E-state index in [1.165, 1.54) is 4.90 Å². The van der Waals surface area contributed by atoms with Crippen LogP contribution in [0.1, 0.15) is 0 Å². The zero-order valence-electron chi connectivity index (χ0n) is 26.1. The minimum Gasteiger partial charge on any atom is -0.497 e. The lowest BCUT2D eigenvalue weighted by Crippen LogP contribution is -2.23. The van der Waals surface area contributed by atoms with Gasteiger partial charge in [-0.3, -0.25) is 0 Å². The summed E-state index contributed by atoms with van der Waals surface area (Å²) < 4.78 is 33.4. The van der Waals surface area contributed by atoms with Gasteiger partial charge >= 0.3 is 6.09 Å². The molecular formula is C35H36N4O8. The number of para-hydroxylation sites is 1. The molecule has 0 aliphatic carbocycles. The number of carboxylic acid groups (broad SMARTS) is 1. The van der Waals surface area contributed by atoms with Crippen LogP contribution in [0, 0.1) is 0 Å². The molecule has 0 spiro atoms. The highest BCUT2D eigenvalue weighted by Gasteiger charge is 2.20. The maximum atomic E-state index is 12.3. The summed E-state index contributed by atoms with van der Waals surface area (Å²) in [7, 11) is 3.21. The molecule has 4 aromatic carbocycles. The molecule has 0 unspecified atom stereocenters. The van der Waals surface area contributed by atoms with E-state index in [2.05, 4.69) is 15.3 Å². The maximum Gasteiger partial charge on any atom is 0.416 e. The number of methoxy groups -OCH3 is 2. The predicted octanol–water partition coefficient (Wildman–Crippen LogP) is 7.05. The molecule has 1 aromatic heterocycles. The van der Waals surface area contributed by atoms with E-state index >= 15 is 0 Å². The summed E-state index contributed by atoms with van der Waals surface area (Å²) in [5, 5.41) is 14.7. The standard InChI is InChI=1S/C35H36N4O8/c1-42-16-17-44-18-19-45-20-21-46-28-23-25(22-27(24-28)43-2)37-34-36-15-14-33(38-34)47-32-13-12-31(29-10-6-7-11-30(29)32)39(35(40)41)26-8-4-3-5-9-26/h3-15,22-24H,16-21H2,1-2H3,(H,40,41)(H,36,37,38). The Morgan fingerprint density at radius 1 is 0.787 bits per heavy atom. The van der Waals surface area contributed by atoms with Crippen molar-refractivity contribution in [2.45, 2.75) is 0 Å². The topological polar surface area (TPSA) is 134 Å². The Kier molecular flexibility index (Phi) is 11.7. The number of amides is 1. The molecule has 244 valence electrons. The zero-order valence-corrected chi connectivity index (χ0v) is 26.1. The molecule has 12 nitrogen and oxygen atoms in total. The van der Waals surface area contributed by atoms with Gasteiger partial charge in [-0.1, -0.05) is 42.5 Å². The van der Waals surface area contributed by atoms with Crippen LogP contribution >= 0.6 is 0 Å². The van der Waals surface area contributed by atoms with E-state index < -0.39 is 6.09 Å². The number of nitrogens with zero attached hydrogens (tertiary/aromatic N) is 3. The minimum atomic E-state index is -1.10. The summed E-state index contributed by atoms with van der Waals surface area (Å²) in [4.78, 5) is 22.5. The molecule has 1 heterocycles. The average Bonchev–Trinajstić information content (AvgIpc) is 3.09. The highest BCUT2D eigenvalue weighted by Crippen LogP contribution is 2.38. The van der Waals surface area contributed by atoms with Crippen LogP contribution in [0.4, 0.5) is 27.8 Å². The van der Waals surface area contributed by atoms with E-state index in [0.29, 0.717) is 91.2 Å². The van der Waals surface area contributed by atoms with E-state index in [9.17, 15) is 9.90 Å². The second-order valence-electron chi connectivity index (χ2n) is 9.99. The number of anilines is 4. The van der Waals surface area contributed by atoms with Gasteiger partial charge in [-0.2, -0.15) is 4.98 Å². The molecule has 0 fully saturated rings. The van der Waals surface area contributed by atoms with Gasteiger partial charge < -0.3 is 38.8 Å². The average molecular weight is 641 g/mol. The molecule has 0 aliphatic rings. The number of nitrogens with one attached hydrogen (secondary N) is 1. The molecule has 47 heavy (non-hydrogen) atoms. The lowest BCUT2D eigenvalue weighted by Gasteiger charge is -2.22. The SMILES string of the molecule is COCCOCCOCCOc1cc(Nc2nccc(Oc3ccc(N(C(=O)O)c4ccccc4)c4ccccc34)n2)cc(OC)c1. The van der Waals surface area contributed by atoms with Gasteiger partial charge in [0.2, 0.25) is 11.8 Å². The largest absolute Gasteiger partial charge is 0.497 e. The normalized spacial score (nSPS) is 10.9. The van der Waals surface area contributed by atoms with Crippen molar-refractivity contribution in [3.05, 3.63) is 97.2 Å². The molecule has 0 atom stereocenters. The summed E-state index contributed by atoms with van der Waals surface area (Å²) in [5.41, 5.74) is 1.68. The quantitative estimate of drug-likeness (QED) is 0.101. The lowest BCUT2D eigenvalue weighted by molar-refractivity contribution is 0.0179. The van der Waals surface area contributed by atoms with E-state index in [-0.39, 0.29) is 0 Å². The summed E-state index contributed by atoms with van der Waals surface area (Å²) in [6.07, 6.45) is 0.483. The van der Waals surface area contributed by atoms with Crippen LogP contribution in [0.25, 0.3) is 10.8 Å². The van der Waals surface area contributed by atoms with Gasteiger partial charge in [0.05, 0.1) is 51.5 Å². The minimum absolute atomic E-state index is 0.292. The van der Waals surface area contributed by atoms with Gasteiger partial charge in [0.15, 0.2) is 0 Å². The number of rotatable bonds is 17. The molecule has 0 saturated heterocycles. The number of hydrogen-bond acceptors (Lipinski definition) is 10. The number of fused-ring (bicyclic) bond motifs is 1. The summed E-state index contributed by atoms with van der Waals surface area (Å²) in [5.74, 6) is 2.26. The molecule has 1 amide bonds. The lowest BCUT2D eigenvalue weighted by atomic mass is 10.1. The number of ether oxygens (including phenoxy) is 6. The van der Waals surface area contributed by atoms with Crippen molar-refractivity contribution in [2.24, 2.45) is 0 Å². The molecule has 12 heteroatoms. The van der Waals surface area contributed by atoms with Crippen LogP contribution in [-0.4, -0.2) is 75.0 Å². The van der Waals surface area contributed by atoms with Gasteiger partial charge in [0.1, 0.15) is 23.9 Å². The molecule has 0 saturated carbocycles. The Morgan fingerprint density at radius 2 is 1.49 bits per heavy atom. The predicted molar refractivity (Wildman–Crippen MR) is 178 cm³/mol. The first-order chi connectivity index (χ1) is 23.1. The van der Waals surface area contributed by atoms with Crippen LogP contribution in [0.5, 0.6) is 23.1 Å². The van der Waals surface area contributed by atoms with Gasteiger partial charge in [-0.25, -0.2) is 14.7 Å². The first-order valence-corrected chi connectivity index (χ1v) is 14.9. The summed E-state index contributed by atoms with van der Waals surface area (Å²) in [6.45, 7) is 2.76. The zero-order chi connectivity index (χ0) is 32.8. The molecule has 0 aliphatic heterocycles. The van der Waals surface area contributed by atoms with Crippen LogP contribution < -0.4 is 24.4 Å². The number of benzene rings is 4. The van der Waals surface area contributed by atoms with Crippen LogP contribution in [0.3, 0.4) is 0 Å². The smallest absolute Gasteiger partial charge is 0.416 e. The van der Waals surface area contributed by atoms with Gasteiger partial charge in [0.25, 0.3) is 0 Å². The third-order valence-corrected chi connectivity index (χ3v) is 6.82. The van der Waals surface area contributed by atoms with Crippen molar-refractivity contribution in [1.29, 1.82) is 0 Å². The molecule has 2 N–H and O–H groups in total. The van der Waals surface area contributed by atoms with E-state index in [1.807, 2.05) is 30.3 Å². The van der Waals surface area contributed by atoms with Gasteiger partial charge in [-0.15, -0.1) is 0 Å². The molecule has 0 bridgehead atoms. The first kappa shape index (κ1) is 32.9. The Morgan fingerprint density at radius 3 is 2.23 bits per heavy atom.